The minimum Gasteiger partial charge on any atom is -0.366 e. The summed E-state index contributed by atoms with van der Waals surface area (Å²) in [7, 11) is -1.70. The van der Waals surface area contributed by atoms with Gasteiger partial charge in [-0.15, -0.1) is 0 Å². The van der Waals surface area contributed by atoms with E-state index < -0.39 is 15.9 Å². The number of nitrogens with one attached hydrogen (secondary N) is 1. The van der Waals surface area contributed by atoms with Crippen LogP contribution in [0.15, 0.2) is 23.1 Å². The summed E-state index contributed by atoms with van der Waals surface area (Å²) in [6, 6.07) is 4.30. The van der Waals surface area contributed by atoms with Crippen LogP contribution in [0.3, 0.4) is 0 Å². The number of hydrogen-bond donors (Lipinski definition) is 2. The maximum absolute atomic E-state index is 12.4. The second kappa shape index (κ2) is 5.75. The molecule has 116 valence electrons. The van der Waals surface area contributed by atoms with E-state index in [0.717, 1.165) is 6.54 Å². The topological polar surface area (TPSA) is 92.5 Å². The van der Waals surface area contributed by atoms with Gasteiger partial charge >= 0.3 is 0 Å². The lowest BCUT2D eigenvalue weighted by atomic mass is 10.1. The highest BCUT2D eigenvalue weighted by molar-refractivity contribution is 7.89. The second-order valence-corrected chi connectivity index (χ2v) is 7.48. The predicted octanol–water partition coefficient (Wildman–Crippen LogP) is 0.322. The van der Waals surface area contributed by atoms with E-state index in [-0.39, 0.29) is 22.4 Å². The number of benzene rings is 1. The van der Waals surface area contributed by atoms with Gasteiger partial charge in [-0.2, -0.15) is 0 Å². The number of primary amides is 1. The Morgan fingerprint density at radius 1 is 1.38 bits per heavy atom. The Labute approximate surface area is 125 Å². The number of aryl methyl sites for hydroxylation is 1. The van der Waals surface area contributed by atoms with Crippen molar-refractivity contribution in [1.82, 2.24) is 9.62 Å². The van der Waals surface area contributed by atoms with Crippen LogP contribution in [0.1, 0.15) is 22.8 Å². The van der Waals surface area contributed by atoms with E-state index in [1.807, 2.05) is 14.0 Å². The third-order valence-electron chi connectivity index (χ3n) is 3.89. The zero-order valence-electron chi connectivity index (χ0n) is 12.5. The first-order valence-electron chi connectivity index (χ1n) is 6.82. The molecule has 0 radical (unpaired) electrons. The molecular formula is C14H21N3O3S. The van der Waals surface area contributed by atoms with Gasteiger partial charge in [-0.25, -0.2) is 13.1 Å². The second-order valence-electron chi connectivity index (χ2n) is 5.77. The fourth-order valence-corrected chi connectivity index (χ4v) is 4.03. The molecule has 1 aromatic rings. The van der Waals surface area contributed by atoms with Crippen LogP contribution in [-0.4, -0.2) is 45.4 Å². The van der Waals surface area contributed by atoms with Crippen LogP contribution in [0.5, 0.6) is 0 Å². The van der Waals surface area contributed by atoms with E-state index in [1.54, 1.807) is 13.0 Å². The summed E-state index contributed by atoms with van der Waals surface area (Å²) in [5.41, 5.74) is 6.16. The Hall–Kier alpha value is -1.44. The first-order valence-corrected chi connectivity index (χ1v) is 8.30. The van der Waals surface area contributed by atoms with Crippen LogP contribution in [0.4, 0.5) is 0 Å². The van der Waals surface area contributed by atoms with Gasteiger partial charge in [-0.05, 0) is 37.6 Å². The van der Waals surface area contributed by atoms with Gasteiger partial charge in [0.1, 0.15) is 0 Å². The maximum atomic E-state index is 12.4. The van der Waals surface area contributed by atoms with Crippen LogP contribution in [0.25, 0.3) is 0 Å². The van der Waals surface area contributed by atoms with Crippen molar-refractivity contribution in [3.63, 3.8) is 0 Å². The molecule has 0 bridgehead atoms. The Morgan fingerprint density at radius 3 is 2.57 bits per heavy atom. The van der Waals surface area contributed by atoms with E-state index in [4.69, 9.17) is 5.73 Å². The Balaban J connectivity index is 2.28. The number of amides is 1. The van der Waals surface area contributed by atoms with Crippen LogP contribution < -0.4 is 10.5 Å². The zero-order chi connectivity index (χ0) is 15.8. The largest absolute Gasteiger partial charge is 0.366 e. The summed E-state index contributed by atoms with van der Waals surface area (Å²) >= 11 is 0. The van der Waals surface area contributed by atoms with Gasteiger partial charge in [0, 0.05) is 24.7 Å². The molecule has 0 spiro atoms. The summed E-state index contributed by atoms with van der Waals surface area (Å²) in [4.78, 5) is 13.5. The smallest absolute Gasteiger partial charge is 0.249 e. The third-order valence-corrected chi connectivity index (χ3v) is 5.37. The van der Waals surface area contributed by atoms with Crippen molar-refractivity contribution in [1.29, 1.82) is 0 Å². The Bertz CT molecular complexity index is 657. The number of likely N-dealkylation sites (N-methyl/N-ethyl adjacent to an activating group) is 1. The highest BCUT2D eigenvalue weighted by atomic mass is 32.2. The summed E-state index contributed by atoms with van der Waals surface area (Å²) < 4.78 is 27.6. The van der Waals surface area contributed by atoms with Gasteiger partial charge < -0.3 is 10.6 Å². The molecule has 6 nitrogen and oxygen atoms in total. The number of carbonyl (C=O) groups is 1. The normalized spacial score (nSPS) is 23.4. The van der Waals surface area contributed by atoms with E-state index in [9.17, 15) is 13.2 Å². The summed E-state index contributed by atoms with van der Waals surface area (Å²) in [5, 5.41) is 0. The van der Waals surface area contributed by atoms with Gasteiger partial charge in [-0.3, -0.25) is 4.79 Å². The summed E-state index contributed by atoms with van der Waals surface area (Å²) in [5.74, 6) is -0.385. The molecule has 2 unspecified atom stereocenters. The number of hydrogen-bond acceptors (Lipinski definition) is 4. The molecule has 1 aliphatic heterocycles. The van der Waals surface area contributed by atoms with Gasteiger partial charge in [0.2, 0.25) is 15.9 Å². The number of likely N-dealkylation sites (tertiary alicyclic amines) is 1. The van der Waals surface area contributed by atoms with Crippen molar-refractivity contribution >= 4 is 15.9 Å². The molecule has 1 aromatic carbocycles. The van der Waals surface area contributed by atoms with Crippen molar-refractivity contribution in [2.75, 3.05) is 20.1 Å². The van der Waals surface area contributed by atoms with Gasteiger partial charge in [0.05, 0.1) is 4.90 Å². The summed E-state index contributed by atoms with van der Waals surface area (Å²) in [6.07, 6.45) is 0. The molecule has 0 saturated carbocycles. The predicted molar refractivity (Wildman–Crippen MR) is 80.5 cm³/mol. The Kier molecular flexibility index (Phi) is 4.36. The van der Waals surface area contributed by atoms with Crippen LogP contribution in [-0.2, 0) is 10.0 Å². The highest BCUT2D eigenvalue weighted by Gasteiger charge is 2.31. The number of carbonyl (C=O) groups excluding carboxylic acids is 1. The first-order chi connectivity index (χ1) is 9.70. The molecule has 21 heavy (non-hydrogen) atoms. The van der Waals surface area contributed by atoms with Crippen molar-refractivity contribution in [3.8, 4) is 0 Å². The molecule has 2 rings (SSSR count). The van der Waals surface area contributed by atoms with Crippen LogP contribution in [0.2, 0.25) is 0 Å². The molecule has 1 amide bonds. The van der Waals surface area contributed by atoms with E-state index >= 15 is 0 Å². The monoisotopic (exact) mass is 311 g/mol. The molecule has 1 aliphatic rings. The first kappa shape index (κ1) is 15.9. The molecule has 3 N–H and O–H groups in total. The van der Waals surface area contributed by atoms with Gasteiger partial charge in [0.15, 0.2) is 0 Å². The minimum atomic E-state index is -3.66. The number of nitrogens with two attached hydrogens (primary N) is 1. The lowest BCUT2D eigenvalue weighted by molar-refractivity contribution is 0.0999. The zero-order valence-corrected chi connectivity index (χ0v) is 13.3. The standard InChI is InChI=1S/C14H21N3O3S/c1-9-4-5-11(6-12(9)14(15)18)21(19,20)16-13-8-17(3)7-10(13)2/h4-6,10,13,16H,7-8H2,1-3H3,(H2,15,18). The molecule has 0 aliphatic carbocycles. The number of nitrogens with zero attached hydrogens (tertiary/aromatic N) is 1. The van der Waals surface area contributed by atoms with E-state index in [2.05, 4.69) is 9.62 Å². The number of sulfonamides is 1. The highest BCUT2D eigenvalue weighted by Crippen LogP contribution is 2.19. The fourth-order valence-electron chi connectivity index (χ4n) is 2.66. The lowest BCUT2D eigenvalue weighted by Gasteiger charge is -2.17. The Morgan fingerprint density at radius 2 is 2.05 bits per heavy atom. The van der Waals surface area contributed by atoms with Crippen molar-refractivity contribution in [2.45, 2.75) is 24.8 Å². The minimum absolute atomic E-state index is 0.0728. The quantitative estimate of drug-likeness (QED) is 0.837. The van der Waals surface area contributed by atoms with Gasteiger partial charge in [0.25, 0.3) is 0 Å². The van der Waals surface area contributed by atoms with Crippen molar-refractivity contribution < 1.29 is 13.2 Å². The molecule has 7 heteroatoms. The third kappa shape index (κ3) is 3.42. The number of rotatable bonds is 4. The SMILES string of the molecule is Cc1ccc(S(=O)(=O)NC2CN(C)CC2C)cc1C(N)=O. The molecule has 2 atom stereocenters. The van der Waals surface area contributed by atoms with E-state index in [0.29, 0.717) is 12.1 Å². The fraction of sp³-hybridized carbons (Fsp3) is 0.500. The van der Waals surface area contributed by atoms with Crippen LogP contribution in [0, 0.1) is 12.8 Å². The maximum Gasteiger partial charge on any atom is 0.249 e. The van der Waals surface area contributed by atoms with Crippen LogP contribution >= 0.6 is 0 Å². The molecule has 1 fully saturated rings. The average Bonchev–Trinajstić information content (AvgIpc) is 2.66. The van der Waals surface area contributed by atoms with E-state index in [1.165, 1.54) is 12.1 Å². The molecular weight excluding hydrogens is 290 g/mol. The molecule has 1 saturated heterocycles. The molecule has 0 aromatic heterocycles. The summed E-state index contributed by atoms with van der Waals surface area (Å²) in [6.45, 7) is 5.27. The lowest BCUT2D eigenvalue weighted by Crippen LogP contribution is -2.39. The molecule has 1 heterocycles. The van der Waals surface area contributed by atoms with Gasteiger partial charge in [-0.1, -0.05) is 13.0 Å². The van der Waals surface area contributed by atoms with Crippen molar-refractivity contribution in [3.05, 3.63) is 29.3 Å². The average molecular weight is 311 g/mol. The van der Waals surface area contributed by atoms with Crippen molar-refractivity contribution in [2.24, 2.45) is 11.7 Å².